The van der Waals surface area contributed by atoms with Gasteiger partial charge in [-0.3, -0.25) is 0 Å². The molecule has 1 aliphatic carbocycles. The third kappa shape index (κ3) is 3.03. The molecule has 1 aliphatic rings. The van der Waals surface area contributed by atoms with E-state index in [1.54, 1.807) is 0 Å². The first-order chi connectivity index (χ1) is 6.57. The second kappa shape index (κ2) is 4.84. The number of hydrogen-bond donors (Lipinski definition) is 1. The second-order valence-electron chi connectivity index (χ2n) is 5.04. The molecule has 0 spiro atoms. The largest absolute Gasteiger partial charge is 0.389 e. The van der Waals surface area contributed by atoms with Crippen LogP contribution >= 0.6 is 0 Å². The number of hydrogen-bond acceptors (Lipinski definition) is 1. The summed E-state index contributed by atoms with van der Waals surface area (Å²) in [6.07, 6.45) is 11.1. The lowest BCUT2D eigenvalue weighted by Crippen LogP contribution is -2.27. The van der Waals surface area contributed by atoms with E-state index in [4.69, 9.17) is 6.42 Å². The summed E-state index contributed by atoms with van der Waals surface area (Å²) in [7, 11) is 0. The van der Waals surface area contributed by atoms with Crippen LogP contribution in [-0.2, 0) is 0 Å². The lowest BCUT2D eigenvalue weighted by atomic mass is 9.87. The minimum atomic E-state index is -0.557. The van der Waals surface area contributed by atoms with Crippen LogP contribution in [0.4, 0.5) is 0 Å². The van der Waals surface area contributed by atoms with Crippen LogP contribution in [0.2, 0.25) is 0 Å². The van der Waals surface area contributed by atoms with Crippen molar-refractivity contribution in [3.8, 4) is 12.3 Å². The zero-order valence-corrected chi connectivity index (χ0v) is 9.42. The van der Waals surface area contributed by atoms with Gasteiger partial charge in [0, 0.05) is 6.42 Å². The van der Waals surface area contributed by atoms with Gasteiger partial charge < -0.3 is 5.11 Å². The van der Waals surface area contributed by atoms with Crippen molar-refractivity contribution in [2.45, 2.75) is 58.0 Å². The summed E-state index contributed by atoms with van der Waals surface area (Å²) in [6.45, 7) is 4.55. The predicted molar refractivity (Wildman–Crippen MR) is 59.8 cm³/mol. The first-order valence-corrected chi connectivity index (χ1v) is 5.73. The molecule has 1 heteroatoms. The van der Waals surface area contributed by atoms with Crippen LogP contribution in [0.1, 0.15) is 52.4 Å². The molecule has 1 rings (SSSR count). The van der Waals surface area contributed by atoms with E-state index in [9.17, 15) is 5.11 Å². The first kappa shape index (κ1) is 11.6. The Morgan fingerprint density at radius 1 is 1.43 bits per heavy atom. The number of rotatable bonds is 2. The Morgan fingerprint density at radius 2 is 2.14 bits per heavy atom. The molecule has 80 valence electrons. The van der Waals surface area contributed by atoms with E-state index < -0.39 is 5.60 Å². The molecular weight excluding hydrogens is 172 g/mol. The van der Waals surface area contributed by atoms with Crippen LogP contribution in [-0.4, -0.2) is 10.7 Å². The normalized spacial score (nSPS) is 33.8. The fourth-order valence-corrected chi connectivity index (χ4v) is 2.45. The highest BCUT2D eigenvalue weighted by molar-refractivity contribution is 4.96. The van der Waals surface area contributed by atoms with Gasteiger partial charge in [0.05, 0.1) is 5.60 Å². The van der Waals surface area contributed by atoms with E-state index in [0.717, 1.165) is 37.5 Å². The average Bonchev–Trinajstić information content (AvgIpc) is 2.28. The topological polar surface area (TPSA) is 20.2 Å². The van der Waals surface area contributed by atoms with Crippen molar-refractivity contribution in [2.24, 2.45) is 11.8 Å². The molecule has 0 radical (unpaired) electrons. The van der Waals surface area contributed by atoms with Gasteiger partial charge in [-0.2, -0.15) is 0 Å². The summed E-state index contributed by atoms with van der Waals surface area (Å²) >= 11 is 0. The van der Waals surface area contributed by atoms with Crippen LogP contribution in [0.5, 0.6) is 0 Å². The lowest BCUT2D eigenvalue weighted by Gasteiger charge is -2.24. The second-order valence-corrected chi connectivity index (χ2v) is 5.04. The molecule has 0 aliphatic heterocycles. The summed E-state index contributed by atoms with van der Waals surface area (Å²) in [5, 5.41) is 10.2. The van der Waals surface area contributed by atoms with E-state index in [1.807, 2.05) is 0 Å². The van der Waals surface area contributed by atoms with Crippen molar-refractivity contribution in [3.05, 3.63) is 0 Å². The van der Waals surface area contributed by atoms with Crippen molar-refractivity contribution in [1.29, 1.82) is 0 Å². The Balaban J connectivity index is 2.52. The summed E-state index contributed by atoms with van der Waals surface area (Å²) in [5.41, 5.74) is -0.557. The van der Waals surface area contributed by atoms with Crippen LogP contribution in [0, 0.1) is 24.2 Å². The summed E-state index contributed by atoms with van der Waals surface area (Å²) in [4.78, 5) is 0. The van der Waals surface area contributed by atoms with Crippen LogP contribution in [0.3, 0.4) is 0 Å². The molecule has 2 atom stereocenters. The molecule has 0 aromatic heterocycles. The molecule has 0 bridgehead atoms. The Morgan fingerprint density at radius 3 is 2.71 bits per heavy atom. The highest BCUT2D eigenvalue weighted by Crippen LogP contribution is 2.35. The quantitative estimate of drug-likeness (QED) is 0.529. The van der Waals surface area contributed by atoms with E-state index in [2.05, 4.69) is 19.8 Å². The molecule has 14 heavy (non-hydrogen) atoms. The van der Waals surface area contributed by atoms with Gasteiger partial charge in [-0.15, -0.1) is 12.3 Å². The standard InChI is InChI=1S/C13H22O/c1-4-8-13(14)9-5-6-12(7-10-13)11(2)3/h1,11-12,14H,5-10H2,2-3H3. The molecule has 1 nitrogen and oxygen atoms in total. The predicted octanol–water partition coefficient (Wildman–Crippen LogP) is 2.98. The fourth-order valence-electron chi connectivity index (χ4n) is 2.45. The van der Waals surface area contributed by atoms with Crippen LogP contribution in [0.25, 0.3) is 0 Å². The molecule has 0 aromatic rings. The average molecular weight is 194 g/mol. The maximum absolute atomic E-state index is 10.2. The van der Waals surface area contributed by atoms with Gasteiger partial charge in [0.15, 0.2) is 0 Å². The maximum atomic E-state index is 10.2. The van der Waals surface area contributed by atoms with Crippen LogP contribution in [0.15, 0.2) is 0 Å². The zero-order valence-electron chi connectivity index (χ0n) is 9.42. The highest BCUT2D eigenvalue weighted by Gasteiger charge is 2.30. The Kier molecular flexibility index (Phi) is 4.01. The molecule has 0 saturated heterocycles. The molecule has 1 N–H and O–H groups in total. The molecule has 0 aromatic carbocycles. The van der Waals surface area contributed by atoms with Crippen molar-refractivity contribution < 1.29 is 5.11 Å². The SMILES string of the molecule is C#CCC1(O)CCCC(C(C)C)CC1. The molecule has 0 heterocycles. The monoisotopic (exact) mass is 194 g/mol. The van der Waals surface area contributed by atoms with Crippen molar-refractivity contribution >= 4 is 0 Å². The third-order valence-corrected chi connectivity index (χ3v) is 3.57. The summed E-state index contributed by atoms with van der Waals surface area (Å²) < 4.78 is 0. The highest BCUT2D eigenvalue weighted by atomic mass is 16.3. The lowest BCUT2D eigenvalue weighted by molar-refractivity contribution is 0.0284. The minimum absolute atomic E-state index is 0.526. The van der Waals surface area contributed by atoms with Gasteiger partial charge in [-0.05, 0) is 31.1 Å². The van der Waals surface area contributed by atoms with E-state index in [0.29, 0.717) is 6.42 Å². The van der Waals surface area contributed by atoms with Gasteiger partial charge >= 0.3 is 0 Å². The fraction of sp³-hybridized carbons (Fsp3) is 0.846. The molecule has 0 amide bonds. The van der Waals surface area contributed by atoms with Crippen molar-refractivity contribution in [2.75, 3.05) is 0 Å². The van der Waals surface area contributed by atoms with Crippen molar-refractivity contribution in [3.63, 3.8) is 0 Å². The van der Waals surface area contributed by atoms with E-state index in [-0.39, 0.29) is 0 Å². The van der Waals surface area contributed by atoms with Gasteiger partial charge in [0.1, 0.15) is 0 Å². The van der Waals surface area contributed by atoms with Gasteiger partial charge in [-0.25, -0.2) is 0 Å². The molecular formula is C13H22O. The van der Waals surface area contributed by atoms with Gasteiger partial charge in [0.2, 0.25) is 0 Å². The summed E-state index contributed by atoms with van der Waals surface area (Å²) in [6, 6.07) is 0. The Labute approximate surface area is 87.9 Å². The molecule has 2 unspecified atom stereocenters. The maximum Gasteiger partial charge on any atom is 0.0756 e. The molecule has 1 saturated carbocycles. The number of terminal acetylenes is 1. The zero-order chi connectivity index (χ0) is 10.6. The Hall–Kier alpha value is -0.480. The van der Waals surface area contributed by atoms with E-state index in [1.165, 1.54) is 6.42 Å². The summed E-state index contributed by atoms with van der Waals surface area (Å²) in [5.74, 6) is 4.12. The Bertz CT molecular complexity index is 214. The number of aliphatic hydroxyl groups is 1. The third-order valence-electron chi connectivity index (χ3n) is 3.57. The van der Waals surface area contributed by atoms with Crippen molar-refractivity contribution in [1.82, 2.24) is 0 Å². The minimum Gasteiger partial charge on any atom is -0.389 e. The van der Waals surface area contributed by atoms with Crippen LogP contribution < -0.4 is 0 Å². The molecule has 1 fully saturated rings. The smallest absolute Gasteiger partial charge is 0.0756 e. The van der Waals surface area contributed by atoms with Gasteiger partial charge in [0.25, 0.3) is 0 Å². The first-order valence-electron chi connectivity index (χ1n) is 5.73. The van der Waals surface area contributed by atoms with Gasteiger partial charge in [-0.1, -0.05) is 26.7 Å². The van der Waals surface area contributed by atoms with E-state index >= 15 is 0 Å².